The van der Waals surface area contributed by atoms with Crippen LogP contribution in [0.2, 0.25) is 0 Å². The van der Waals surface area contributed by atoms with Gasteiger partial charge in [-0.05, 0) is 37.3 Å². The Hall–Kier alpha value is -2.98. The Labute approximate surface area is 175 Å². The van der Waals surface area contributed by atoms with Crippen LogP contribution in [0.25, 0.3) is 11.4 Å². The monoisotopic (exact) mass is 477 g/mol. The zero-order valence-electron chi connectivity index (χ0n) is 15.4. The van der Waals surface area contributed by atoms with Crippen molar-refractivity contribution in [2.24, 2.45) is 0 Å². The lowest BCUT2D eigenvalue weighted by Crippen LogP contribution is -2.17. The maximum absolute atomic E-state index is 12.9. The number of hydrogen-bond donors (Lipinski definition) is 2. The van der Waals surface area contributed by atoms with Crippen LogP contribution in [0.3, 0.4) is 0 Å². The fourth-order valence-corrected chi connectivity index (χ4v) is 4.25. The van der Waals surface area contributed by atoms with Crippen molar-refractivity contribution in [1.29, 1.82) is 0 Å². The normalized spacial score (nSPS) is 11.1. The van der Waals surface area contributed by atoms with Gasteiger partial charge in [-0.3, -0.25) is 9.52 Å². The number of carbonyl (C=O) groups is 1. The van der Waals surface area contributed by atoms with Gasteiger partial charge in [-0.25, -0.2) is 18.2 Å². The predicted molar refractivity (Wildman–Crippen MR) is 111 cm³/mol. The lowest BCUT2D eigenvalue weighted by atomic mass is 10.2. The van der Waals surface area contributed by atoms with E-state index in [4.69, 9.17) is 0 Å². The third kappa shape index (κ3) is 4.72. The number of nitrogens with one attached hydrogen (secondary N) is 2. The van der Waals surface area contributed by atoms with E-state index in [2.05, 4.69) is 35.4 Å². The number of aromatic amines is 1. The Morgan fingerprint density at radius 1 is 1.17 bits per heavy atom. The van der Waals surface area contributed by atoms with Gasteiger partial charge in [0.2, 0.25) is 0 Å². The fraction of sp³-hybridized carbons (Fsp3) is 0.105. The summed E-state index contributed by atoms with van der Waals surface area (Å²) < 4.78 is 33.5. The molecule has 3 rings (SSSR count). The molecule has 0 spiro atoms. The van der Waals surface area contributed by atoms with Crippen molar-refractivity contribution in [3.05, 3.63) is 74.6 Å². The number of nitrogens with zero attached hydrogens (tertiary/aromatic N) is 1. The molecule has 0 fully saturated rings. The van der Waals surface area contributed by atoms with E-state index in [1.54, 1.807) is 25.1 Å². The van der Waals surface area contributed by atoms with Gasteiger partial charge >= 0.3 is 5.97 Å². The SMILES string of the molecule is COC(=O)c1cc(Br)ccc1S(=O)(=O)Nc1cccc(-c2nc(C)cc(=O)[nH]2)c1. The van der Waals surface area contributed by atoms with Gasteiger partial charge in [-0.15, -0.1) is 0 Å². The highest BCUT2D eigenvalue weighted by Gasteiger charge is 2.23. The van der Waals surface area contributed by atoms with Gasteiger partial charge in [0.05, 0.1) is 12.7 Å². The molecule has 0 aliphatic heterocycles. The Morgan fingerprint density at radius 2 is 1.93 bits per heavy atom. The van der Waals surface area contributed by atoms with Crippen LogP contribution in [0.15, 0.2) is 62.7 Å². The maximum atomic E-state index is 12.9. The summed E-state index contributed by atoms with van der Waals surface area (Å²) >= 11 is 3.22. The van der Waals surface area contributed by atoms with Gasteiger partial charge in [0, 0.05) is 27.5 Å². The van der Waals surface area contributed by atoms with Crippen molar-refractivity contribution < 1.29 is 17.9 Å². The highest BCUT2D eigenvalue weighted by molar-refractivity contribution is 9.10. The molecule has 0 saturated heterocycles. The summed E-state index contributed by atoms with van der Waals surface area (Å²) in [5.41, 5.74) is 0.888. The second-order valence-electron chi connectivity index (χ2n) is 6.05. The second-order valence-corrected chi connectivity index (χ2v) is 8.62. The molecule has 0 atom stereocenters. The molecule has 0 bridgehead atoms. The zero-order chi connectivity index (χ0) is 21.2. The van der Waals surface area contributed by atoms with E-state index in [0.717, 1.165) is 0 Å². The first-order valence-corrected chi connectivity index (χ1v) is 10.6. The standard InChI is InChI=1S/C19H16BrN3O5S/c1-11-8-17(24)22-18(21-11)12-4-3-5-14(9-12)23-29(26,27)16-7-6-13(20)10-15(16)19(25)28-2/h3-10,23H,1-2H3,(H,21,22,24). The molecule has 0 aliphatic carbocycles. The van der Waals surface area contributed by atoms with E-state index in [9.17, 15) is 18.0 Å². The van der Waals surface area contributed by atoms with Gasteiger partial charge < -0.3 is 9.72 Å². The molecule has 0 amide bonds. The van der Waals surface area contributed by atoms with Gasteiger partial charge in [-0.2, -0.15) is 0 Å². The molecule has 2 N–H and O–H groups in total. The number of esters is 1. The molecule has 1 aromatic heterocycles. The average molecular weight is 478 g/mol. The summed E-state index contributed by atoms with van der Waals surface area (Å²) in [5.74, 6) is -0.461. The summed E-state index contributed by atoms with van der Waals surface area (Å²) in [7, 11) is -2.92. The van der Waals surface area contributed by atoms with Gasteiger partial charge in [-0.1, -0.05) is 28.1 Å². The third-order valence-electron chi connectivity index (χ3n) is 3.89. The summed E-state index contributed by atoms with van der Waals surface area (Å²) in [5, 5.41) is 0. The topological polar surface area (TPSA) is 118 Å². The number of hydrogen-bond acceptors (Lipinski definition) is 6. The first-order chi connectivity index (χ1) is 13.7. The summed E-state index contributed by atoms with van der Waals surface area (Å²) in [6.45, 7) is 1.69. The fourth-order valence-electron chi connectivity index (χ4n) is 2.66. The molecule has 10 heteroatoms. The number of halogens is 1. The van der Waals surface area contributed by atoms with Crippen LogP contribution < -0.4 is 10.3 Å². The lowest BCUT2D eigenvalue weighted by molar-refractivity contribution is 0.0596. The molecule has 150 valence electrons. The number of benzene rings is 2. The van der Waals surface area contributed by atoms with Crippen LogP contribution >= 0.6 is 15.9 Å². The smallest absolute Gasteiger partial charge is 0.339 e. The Morgan fingerprint density at radius 3 is 2.62 bits per heavy atom. The molecule has 2 aromatic carbocycles. The number of anilines is 1. The Bertz CT molecular complexity index is 1250. The minimum Gasteiger partial charge on any atom is -0.465 e. The molecule has 3 aromatic rings. The van der Waals surface area contributed by atoms with Crippen LogP contribution in [-0.4, -0.2) is 31.5 Å². The lowest BCUT2D eigenvalue weighted by Gasteiger charge is -2.12. The van der Waals surface area contributed by atoms with Crippen LogP contribution in [0.4, 0.5) is 5.69 Å². The molecular formula is C19H16BrN3O5S. The van der Waals surface area contributed by atoms with Crippen molar-refractivity contribution in [1.82, 2.24) is 9.97 Å². The van der Waals surface area contributed by atoms with E-state index >= 15 is 0 Å². The van der Waals surface area contributed by atoms with Crippen molar-refractivity contribution in [2.75, 3.05) is 11.8 Å². The third-order valence-corrected chi connectivity index (χ3v) is 5.83. The molecule has 0 radical (unpaired) electrons. The number of ether oxygens (including phenoxy) is 1. The number of aromatic nitrogens is 2. The summed E-state index contributed by atoms with van der Waals surface area (Å²) in [6, 6.07) is 11.9. The van der Waals surface area contributed by atoms with E-state index in [0.29, 0.717) is 21.6 Å². The highest BCUT2D eigenvalue weighted by atomic mass is 79.9. The number of methoxy groups -OCH3 is 1. The van der Waals surface area contributed by atoms with Gasteiger partial charge in [0.1, 0.15) is 10.7 Å². The van der Waals surface area contributed by atoms with E-state index in [-0.39, 0.29) is 21.7 Å². The average Bonchev–Trinajstić information content (AvgIpc) is 2.66. The molecule has 0 saturated carbocycles. The molecule has 8 nitrogen and oxygen atoms in total. The van der Waals surface area contributed by atoms with Crippen LogP contribution in [0, 0.1) is 6.92 Å². The number of H-pyrrole nitrogens is 1. The van der Waals surface area contributed by atoms with Gasteiger partial charge in [0.15, 0.2) is 0 Å². The first kappa shape index (κ1) is 20.7. The quantitative estimate of drug-likeness (QED) is 0.545. The van der Waals surface area contributed by atoms with Crippen molar-refractivity contribution in [3.8, 4) is 11.4 Å². The summed E-state index contributed by atoms with van der Waals surface area (Å²) in [4.78, 5) is 30.3. The summed E-state index contributed by atoms with van der Waals surface area (Å²) in [6.07, 6.45) is 0. The molecule has 0 unspecified atom stereocenters. The minimum atomic E-state index is -4.10. The first-order valence-electron chi connectivity index (χ1n) is 8.29. The number of carbonyl (C=O) groups excluding carboxylic acids is 1. The minimum absolute atomic E-state index is 0.102. The number of rotatable bonds is 5. The number of sulfonamides is 1. The zero-order valence-corrected chi connectivity index (χ0v) is 17.8. The van der Waals surface area contributed by atoms with Crippen LogP contribution in [0.5, 0.6) is 0 Å². The van der Waals surface area contributed by atoms with Crippen molar-refractivity contribution >= 4 is 37.6 Å². The highest BCUT2D eigenvalue weighted by Crippen LogP contribution is 2.25. The van der Waals surface area contributed by atoms with Crippen molar-refractivity contribution in [2.45, 2.75) is 11.8 Å². The van der Waals surface area contributed by atoms with Crippen LogP contribution in [0.1, 0.15) is 16.1 Å². The van der Waals surface area contributed by atoms with E-state index in [1.165, 1.54) is 37.4 Å². The van der Waals surface area contributed by atoms with Gasteiger partial charge in [0.25, 0.3) is 15.6 Å². The molecule has 1 heterocycles. The molecule has 0 aliphatic rings. The Balaban J connectivity index is 2.00. The molecular weight excluding hydrogens is 462 g/mol. The maximum Gasteiger partial charge on any atom is 0.339 e. The predicted octanol–water partition coefficient (Wildman–Crippen LogP) is 3.10. The second kappa shape index (κ2) is 8.18. The Kier molecular flexibility index (Phi) is 5.85. The van der Waals surface area contributed by atoms with Crippen LogP contribution in [-0.2, 0) is 14.8 Å². The van der Waals surface area contributed by atoms with E-state index < -0.39 is 16.0 Å². The van der Waals surface area contributed by atoms with E-state index in [1.807, 2.05) is 0 Å². The number of aryl methyl sites for hydroxylation is 1. The largest absolute Gasteiger partial charge is 0.465 e. The van der Waals surface area contributed by atoms with Crippen molar-refractivity contribution in [3.63, 3.8) is 0 Å². The molecule has 29 heavy (non-hydrogen) atoms.